The maximum atomic E-state index is 13.1. The highest BCUT2D eigenvalue weighted by molar-refractivity contribution is 5.40. The lowest BCUT2D eigenvalue weighted by atomic mass is 10.2. The molecule has 0 aliphatic carbocycles. The molecule has 1 aliphatic heterocycles. The summed E-state index contributed by atoms with van der Waals surface area (Å²) in [7, 11) is 0. The first-order chi connectivity index (χ1) is 13.4. The molecule has 5 nitrogen and oxygen atoms in total. The van der Waals surface area contributed by atoms with E-state index in [1.807, 2.05) is 9.58 Å². The summed E-state index contributed by atoms with van der Waals surface area (Å²) in [5, 5.41) is 4.39. The second kappa shape index (κ2) is 7.21. The molecule has 0 radical (unpaired) electrons. The monoisotopic (exact) mass is 391 g/mol. The van der Waals surface area contributed by atoms with Gasteiger partial charge in [0, 0.05) is 30.4 Å². The van der Waals surface area contributed by atoms with E-state index < -0.39 is 12.6 Å². The van der Waals surface area contributed by atoms with Crippen LogP contribution in [0.1, 0.15) is 28.9 Å². The van der Waals surface area contributed by atoms with Crippen molar-refractivity contribution in [2.45, 2.75) is 38.7 Å². The first-order valence-corrected chi connectivity index (χ1v) is 8.79. The van der Waals surface area contributed by atoms with Crippen molar-refractivity contribution in [3.63, 3.8) is 0 Å². The van der Waals surface area contributed by atoms with E-state index in [1.54, 1.807) is 18.3 Å². The van der Waals surface area contributed by atoms with Gasteiger partial charge in [0.2, 0.25) is 5.95 Å². The SMILES string of the molecule is Fc1ccc(Cn2ncc3c2CN(c2nccc(CCC(F)(F)F)n2)C3)cc1. The molecule has 4 rings (SSSR count). The lowest BCUT2D eigenvalue weighted by molar-refractivity contribution is -0.134. The number of benzene rings is 1. The van der Waals surface area contributed by atoms with Crippen LogP contribution in [-0.2, 0) is 26.1 Å². The first kappa shape index (κ1) is 18.4. The van der Waals surface area contributed by atoms with Crippen molar-refractivity contribution in [1.29, 1.82) is 0 Å². The van der Waals surface area contributed by atoms with Gasteiger partial charge in [0.05, 0.1) is 25.0 Å². The van der Waals surface area contributed by atoms with Crippen molar-refractivity contribution in [3.8, 4) is 0 Å². The van der Waals surface area contributed by atoms with Crippen LogP contribution >= 0.6 is 0 Å². The lowest BCUT2D eigenvalue weighted by Gasteiger charge is -2.17. The molecule has 9 heteroatoms. The standard InChI is InChI=1S/C19H17F4N5/c20-15-3-1-13(2-4-15)10-28-17-12-27(11-14(17)9-25-28)18-24-8-6-16(26-18)5-7-19(21,22)23/h1-4,6,8-9H,5,7,10-12H2. The van der Waals surface area contributed by atoms with E-state index in [4.69, 9.17) is 0 Å². The highest BCUT2D eigenvalue weighted by Crippen LogP contribution is 2.27. The highest BCUT2D eigenvalue weighted by atomic mass is 19.4. The van der Waals surface area contributed by atoms with Gasteiger partial charge < -0.3 is 4.90 Å². The van der Waals surface area contributed by atoms with Gasteiger partial charge in [-0.05, 0) is 30.2 Å². The minimum atomic E-state index is -4.21. The number of alkyl halides is 3. The normalized spacial score (nSPS) is 13.8. The molecule has 2 aromatic heterocycles. The molecule has 0 saturated carbocycles. The maximum absolute atomic E-state index is 13.1. The quantitative estimate of drug-likeness (QED) is 0.620. The number of rotatable bonds is 5. The summed E-state index contributed by atoms with van der Waals surface area (Å²) in [6.45, 7) is 1.57. The fraction of sp³-hybridized carbons (Fsp3) is 0.316. The second-order valence-electron chi connectivity index (χ2n) is 6.72. The highest BCUT2D eigenvalue weighted by Gasteiger charge is 2.28. The summed E-state index contributed by atoms with van der Waals surface area (Å²) in [5.41, 5.74) is 3.31. The van der Waals surface area contributed by atoms with Gasteiger partial charge in [-0.1, -0.05) is 12.1 Å². The Kier molecular flexibility index (Phi) is 4.74. The summed E-state index contributed by atoms with van der Waals surface area (Å²) in [6, 6.07) is 7.75. The summed E-state index contributed by atoms with van der Waals surface area (Å²) in [5.74, 6) is 0.118. The van der Waals surface area contributed by atoms with E-state index in [0.717, 1.165) is 16.8 Å². The van der Waals surface area contributed by atoms with Crippen LogP contribution < -0.4 is 4.90 Å². The lowest BCUT2D eigenvalue weighted by Crippen LogP contribution is -2.20. The van der Waals surface area contributed by atoms with Crippen molar-refractivity contribution in [2.24, 2.45) is 0 Å². The molecule has 1 aromatic carbocycles. The van der Waals surface area contributed by atoms with Gasteiger partial charge in [-0.15, -0.1) is 0 Å². The molecule has 0 fully saturated rings. The zero-order valence-corrected chi connectivity index (χ0v) is 14.8. The van der Waals surface area contributed by atoms with Crippen LogP contribution in [0.4, 0.5) is 23.5 Å². The zero-order chi connectivity index (χ0) is 19.7. The molecule has 0 bridgehead atoms. The van der Waals surface area contributed by atoms with Gasteiger partial charge in [-0.2, -0.15) is 18.3 Å². The molecule has 0 unspecified atom stereocenters. The van der Waals surface area contributed by atoms with Crippen molar-refractivity contribution in [3.05, 3.63) is 71.1 Å². The van der Waals surface area contributed by atoms with Crippen LogP contribution in [0.2, 0.25) is 0 Å². The smallest absolute Gasteiger partial charge is 0.330 e. The van der Waals surface area contributed by atoms with E-state index in [2.05, 4.69) is 15.1 Å². The summed E-state index contributed by atoms with van der Waals surface area (Å²) < 4.78 is 52.2. The van der Waals surface area contributed by atoms with E-state index in [1.165, 1.54) is 24.4 Å². The Morgan fingerprint density at radius 2 is 1.82 bits per heavy atom. The Hall–Kier alpha value is -2.97. The molecular formula is C19H17F4N5. The van der Waals surface area contributed by atoms with Gasteiger partial charge in [0.25, 0.3) is 0 Å². The number of halogens is 4. The molecule has 28 heavy (non-hydrogen) atoms. The predicted octanol–water partition coefficient (Wildman–Crippen LogP) is 3.88. The fourth-order valence-corrected chi connectivity index (χ4v) is 3.19. The van der Waals surface area contributed by atoms with Crippen LogP contribution in [0, 0.1) is 5.82 Å². The summed E-state index contributed by atoms with van der Waals surface area (Å²) in [4.78, 5) is 10.4. The van der Waals surface area contributed by atoms with E-state index in [0.29, 0.717) is 31.3 Å². The molecule has 0 N–H and O–H groups in total. The van der Waals surface area contributed by atoms with Gasteiger partial charge >= 0.3 is 6.18 Å². The molecular weight excluding hydrogens is 374 g/mol. The Labute approximate surface area is 158 Å². The molecule has 0 amide bonds. The van der Waals surface area contributed by atoms with Crippen LogP contribution in [0.3, 0.4) is 0 Å². The van der Waals surface area contributed by atoms with Crippen molar-refractivity contribution in [2.75, 3.05) is 4.90 Å². The number of anilines is 1. The number of hydrogen-bond donors (Lipinski definition) is 0. The third kappa shape index (κ3) is 4.13. The van der Waals surface area contributed by atoms with Crippen molar-refractivity contribution >= 4 is 5.95 Å². The van der Waals surface area contributed by atoms with Gasteiger partial charge in [-0.3, -0.25) is 4.68 Å². The molecule has 1 aliphatic rings. The Morgan fingerprint density at radius 1 is 1.04 bits per heavy atom. The topological polar surface area (TPSA) is 46.8 Å². The predicted molar refractivity (Wildman–Crippen MR) is 94.0 cm³/mol. The maximum Gasteiger partial charge on any atom is 0.389 e. The second-order valence-corrected chi connectivity index (χ2v) is 6.72. The molecule has 3 aromatic rings. The van der Waals surface area contributed by atoms with E-state index in [-0.39, 0.29) is 12.2 Å². The zero-order valence-electron chi connectivity index (χ0n) is 14.8. The minimum absolute atomic E-state index is 0.168. The average molecular weight is 391 g/mol. The van der Waals surface area contributed by atoms with Crippen LogP contribution in [0.5, 0.6) is 0 Å². The molecule has 0 spiro atoms. The number of fused-ring (bicyclic) bond motifs is 1. The van der Waals surface area contributed by atoms with E-state index >= 15 is 0 Å². The number of aryl methyl sites for hydroxylation is 1. The first-order valence-electron chi connectivity index (χ1n) is 8.79. The number of nitrogens with zero attached hydrogens (tertiary/aromatic N) is 5. The largest absolute Gasteiger partial charge is 0.389 e. The van der Waals surface area contributed by atoms with Crippen LogP contribution in [0.15, 0.2) is 42.7 Å². The average Bonchev–Trinajstić information content (AvgIpc) is 3.24. The fourth-order valence-electron chi connectivity index (χ4n) is 3.19. The van der Waals surface area contributed by atoms with Gasteiger partial charge in [0.1, 0.15) is 5.82 Å². The molecule has 0 saturated heterocycles. The van der Waals surface area contributed by atoms with Crippen molar-refractivity contribution < 1.29 is 17.6 Å². The summed E-state index contributed by atoms with van der Waals surface area (Å²) >= 11 is 0. The third-order valence-electron chi connectivity index (χ3n) is 4.63. The van der Waals surface area contributed by atoms with Crippen LogP contribution in [0.25, 0.3) is 0 Å². The molecule has 0 atom stereocenters. The number of aromatic nitrogens is 4. The Balaban J connectivity index is 1.47. The Morgan fingerprint density at radius 3 is 2.57 bits per heavy atom. The summed E-state index contributed by atoms with van der Waals surface area (Å²) in [6.07, 6.45) is -2.03. The Bertz CT molecular complexity index is 965. The van der Waals surface area contributed by atoms with E-state index in [9.17, 15) is 17.6 Å². The van der Waals surface area contributed by atoms with Gasteiger partial charge in [-0.25, -0.2) is 14.4 Å². The van der Waals surface area contributed by atoms with Crippen LogP contribution in [-0.4, -0.2) is 25.9 Å². The van der Waals surface area contributed by atoms with Crippen molar-refractivity contribution in [1.82, 2.24) is 19.7 Å². The number of hydrogen-bond acceptors (Lipinski definition) is 4. The third-order valence-corrected chi connectivity index (χ3v) is 4.63. The minimum Gasteiger partial charge on any atom is -0.330 e. The molecule has 146 valence electrons. The molecule has 3 heterocycles. The van der Waals surface area contributed by atoms with Gasteiger partial charge in [0.15, 0.2) is 0 Å².